The summed E-state index contributed by atoms with van der Waals surface area (Å²) >= 11 is 0. The first-order valence-corrected chi connectivity index (χ1v) is 9.19. The fourth-order valence-corrected chi connectivity index (χ4v) is 4.57. The van der Waals surface area contributed by atoms with Gasteiger partial charge in [0.2, 0.25) is 0 Å². The van der Waals surface area contributed by atoms with Crippen LogP contribution >= 0.6 is 0 Å². The van der Waals surface area contributed by atoms with Crippen LogP contribution in [0.15, 0.2) is 42.5 Å². The first-order chi connectivity index (χ1) is 10.3. The third kappa shape index (κ3) is 3.97. The first kappa shape index (κ1) is 17.2. The van der Waals surface area contributed by atoms with Crippen LogP contribution in [0.5, 0.6) is 0 Å². The molecule has 0 spiro atoms. The Hall–Kier alpha value is -1.17. The number of ether oxygens (including phenoxy) is 2. The van der Waals surface area contributed by atoms with E-state index in [1.165, 1.54) is 0 Å². The van der Waals surface area contributed by atoms with Crippen molar-refractivity contribution in [2.45, 2.75) is 45.0 Å². The van der Waals surface area contributed by atoms with Gasteiger partial charge in [0, 0.05) is 5.92 Å². The maximum Gasteiger partial charge on any atom is 0.185 e. The summed E-state index contributed by atoms with van der Waals surface area (Å²) in [7, 11) is -3.43. The van der Waals surface area contributed by atoms with Gasteiger partial charge in [-0.15, -0.1) is 0 Å². The second-order valence-corrected chi connectivity index (χ2v) is 8.17. The molecule has 1 aromatic carbocycles. The number of rotatable bonds is 6. The number of benzene rings is 1. The van der Waals surface area contributed by atoms with Gasteiger partial charge in [0.15, 0.2) is 15.3 Å². The van der Waals surface area contributed by atoms with E-state index in [4.69, 9.17) is 9.47 Å². The van der Waals surface area contributed by atoms with Gasteiger partial charge >= 0.3 is 0 Å². The van der Waals surface area contributed by atoms with Crippen molar-refractivity contribution in [1.29, 1.82) is 0 Å². The predicted octanol–water partition coefficient (Wildman–Crippen LogP) is 2.94. The summed E-state index contributed by atoms with van der Waals surface area (Å²) in [6.07, 6.45) is -0.606. The summed E-state index contributed by atoms with van der Waals surface area (Å²) in [5.74, 6) is -0.0453. The second-order valence-electron chi connectivity index (χ2n) is 6.09. The molecule has 0 N–H and O–H groups in total. The average molecular weight is 324 g/mol. The molecule has 5 heteroatoms. The standard InChI is InChI=1S/C17H24O4S/c1-12(2)11-22(18,19)17-16(13(3)14(4)21-17)20-10-15-8-6-5-7-9-15/h5-9,13-14,16-17H,1,10-11H2,2-4H3. The van der Waals surface area contributed by atoms with Crippen LogP contribution in [0.2, 0.25) is 0 Å². The summed E-state index contributed by atoms with van der Waals surface area (Å²) in [5.41, 5.74) is 0.709. The quantitative estimate of drug-likeness (QED) is 0.755. The minimum Gasteiger partial charge on any atom is -0.369 e. The molecule has 2 rings (SSSR count). The Labute approximate surface area is 133 Å². The van der Waals surface area contributed by atoms with Gasteiger partial charge in [0.25, 0.3) is 0 Å². The minimum absolute atomic E-state index is 0.0219. The highest BCUT2D eigenvalue weighted by atomic mass is 32.2. The summed E-state index contributed by atoms with van der Waals surface area (Å²) in [5, 5.41) is 0. The normalized spacial score (nSPS) is 28.7. The lowest BCUT2D eigenvalue weighted by atomic mass is 10.0. The molecular weight excluding hydrogens is 300 g/mol. The molecule has 1 aliphatic rings. The molecule has 1 aromatic rings. The van der Waals surface area contributed by atoms with Crippen molar-refractivity contribution < 1.29 is 17.9 Å². The Balaban J connectivity index is 2.13. The van der Waals surface area contributed by atoms with E-state index in [1.807, 2.05) is 44.2 Å². The molecule has 0 radical (unpaired) electrons. The van der Waals surface area contributed by atoms with E-state index < -0.39 is 21.4 Å². The summed E-state index contributed by atoms with van der Waals surface area (Å²) in [4.78, 5) is 0. The van der Waals surface area contributed by atoms with Crippen LogP contribution in [-0.4, -0.2) is 31.8 Å². The maximum absolute atomic E-state index is 12.5. The summed E-state index contributed by atoms with van der Waals surface area (Å²) in [6, 6.07) is 9.73. The first-order valence-electron chi connectivity index (χ1n) is 7.48. The van der Waals surface area contributed by atoms with Crippen LogP contribution in [0.3, 0.4) is 0 Å². The Morgan fingerprint density at radius 2 is 1.91 bits per heavy atom. The van der Waals surface area contributed by atoms with E-state index in [0.717, 1.165) is 5.56 Å². The molecule has 122 valence electrons. The summed E-state index contributed by atoms with van der Waals surface area (Å²) in [6.45, 7) is 9.64. The zero-order valence-electron chi connectivity index (χ0n) is 13.4. The zero-order valence-corrected chi connectivity index (χ0v) is 14.2. The molecule has 4 atom stereocenters. The van der Waals surface area contributed by atoms with Crippen molar-refractivity contribution in [3.8, 4) is 0 Å². The molecule has 4 unspecified atom stereocenters. The van der Waals surface area contributed by atoms with Crippen LogP contribution in [0.4, 0.5) is 0 Å². The third-order valence-corrected chi connectivity index (χ3v) is 5.94. The molecule has 1 saturated heterocycles. The average Bonchev–Trinajstić information content (AvgIpc) is 2.73. The van der Waals surface area contributed by atoms with Crippen molar-refractivity contribution in [3.63, 3.8) is 0 Å². The SMILES string of the molecule is C=C(C)CS(=O)(=O)C1OC(C)C(C)C1OCc1ccccc1. The second kappa shape index (κ2) is 6.94. The van der Waals surface area contributed by atoms with Gasteiger partial charge in [-0.3, -0.25) is 0 Å². The van der Waals surface area contributed by atoms with E-state index in [-0.39, 0.29) is 17.8 Å². The lowest BCUT2D eigenvalue weighted by Gasteiger charge is -2.22. The Kier molecular flexibility index (Phi) is 5.42. The fraction of sp³-hybridized carbons (Fsp3) is 0.529. The fourth-order valence-electron chi connectivity index (χ4n) is 2.64. The monoisotopic (exact) mass is 324 g/mol. The van der Waals surface area contributed by atoms with Gasteiger partial charge in [-0.1, -0.05) is 49.4 Å². The van der Waals surface area contributed by atoms with Crippen LogP contribution in [0, 0.1) is 5.92 Å². The van der Waals surface area contributed by atoms with Crippen LogP contribution in [-0.2, 0) is 25.9 Å². The van der Waals surface area contributed by atoms with Crippen LogP contribution < -0.4 is 0 Å². The maximum atomic E-state index is 12.5. The van der Waals surface area contributed by atoms with E-state index in [2.05, 4.69) is 6.58 Å². The molecule has 0 saturated carbocycles. The molecule has 4 nitrogen and oxygen atoms in total. The van der Waals surface area contributed by atoms with Crippen molar-refractivity contribution in [3.05, 3.63) is 48.0 Å². The van der Waals surface area contributed by atoms with Crippen LogP contribution in [0.1, 0.15) is 26.3 Å². The molecule has 0 aliphatic carbocycles. The molecule has 1 heterocycles. The number of hydrogen-bond donors (Lipinski definition) is 0. The lowest BCUT2D eigenvalue weighted by Crippen LogP contribution is -2.36. The van der Waals surface area contributed by atoms with E-state index >= 15 is 0 Å². The Morgan fingerprint density at radius 3 is 2.50 bits per heavy atom. The zero-order chi connectivity index (χ0) is 16.3. The number of hydrogen-bond acceptors (Lipinski definition) is 4. The molecule has 0 bridgehead atoms. The highest BCUT2D eigenvalue weighted by Gasteiger charge is 2.47. The van der Waals surface area contributed by atoms with Crippen molar-refractivity contribution >= 4 is 9.84 Å². The lowest BCUT2D eigenvalue weighted by molar-refractivity contribution is 0.00217. The van der Waals surface area contributed by atoms with Gasteiger partial charge < -0.3 is 9.47 Å². The highest BCUT2D eigenvalue weighted by Crippen LogP contribution is 2.33. The van der Waals surface area contributed by atoms with E-state index in [1.54, 1.807) is 6.92 Å². The van der Waals surface area contributed by atoms with E-state index in [9.17, 15) is 8.42 Å². The Morgan fingerprint density at radius 1 is 1.27 bits per heavy atom. The smallest absolute Gasteiger partial charge is 0.185 e. The van der Waals surface area contributed by atoms with Crippen molar-refractivity contribution in [2.75, 3.05) is 5.75 Å². The van der Waals surface area contributed by atoms with Gasteiger partial charge in [0.1, 0.15) is 6.10 Å². The van der Waals surface area contributed by atoms with E-state index in [0.29, 0.717) is 12.2 Å². The van der Waals surface area contributed by atoms with Gasteiger partial charge in [-0.25, -0.2) is 8.42 Å². The molecule has 22 heavy (non-hydrogen) atoms. The van der Waals surface area contributed by atoms with Crippen LogP contribution in [0.25, 0.3) is 0 Å². The van der Waals surface area contributed by atoms with Gasteiger partial charge in [0.05, 0.1) is 18.5 Å². The summed E-state index contributed by atoms with van der Waals surface area (Å²) < 4.78 is 36.6. The van der Waals surface area contributed by atoms with Crippen molar-refractivity contribution in [1.82, 2.24) is 0 Å². The Bertz CT molecular complexity index is 609. The predicted molar refractivity (Wildman–Crippen MR) is 87.1 cm³/mol. The topological polar surface area (TPSA) is 52.6 Å². The number of sulfone groups is 1. The molecule has 1 fully saturated rings. The molecule has 0 aromatic heterocycles. The van der Waals surface area contributed by atoms with Gasteiger partial charge in [-0.2, -0.15) is 0 Å². The van der Waals surface area contributed by atoms with Crippen molar-refractivity contribution in [2.24, 2.45) is 5.92 Å². The molecule has 0 amide bonds. The molecule has 1 aliphatic heterocycles. The molecular formula is C17H24O4S. The largest absolute Gasteiger partial charge is 0.369 e. The highest BCUT2D eigenvalue weighted by molar-refractivity contribution is 7.92. The third-order valence-electron chi connectivity index (χ3n) is 3.96. The minimum atomic E-state index is -3.43. The van der Waals surface area contributed by atoms with Gasteiger partial charge in [-0.05, 0) is 19.4 Å².